The maximum Gasteiger partial charge on any atom is 0.341 e. The normalized spacial score (nSPS) is 11.6. The van der Waals surface area contributed by atoms with E-state index in [0.717, 1.165) is 12.1 Å². The van der Waals surface area contributed by atoms with Crippen LogP contribution in [0.2, 0.25) is 0 Å². The van der Waals surface area contributed by atoms with Crippen molar-refractivity contribution in [3.63, 3.8) is 0 Å². The van der Waals surface area contributed by atoms with Gasteiger partial charge in [-0.1, -0.05) is 0 Å². The largest absolute Gasteiger partial charge is 0.477 e. The first-order valence-corrected chi connectivity index (χ1v) is 4.71. The van der Waals surface area contributed by atoms with Gasteiger partial charge in [0.25, 0.3) is 0 Å². The van der Waals surface area contributed by atoms with Gasteiger partial charge < -0.3 is 10.8 Å². The molecule has 16 heavy (non-hydrogen) atoms. The minimum absolute atomic E-state index is 0.265. The van der Waals surface area contributed by atoms with Crippen molar-refractivity contribution < 1.29 is 18.7 Å². The summed E-state index contributed by atoms with van der Waals surface area (Å²) < 4.78 is 26.6. The molecule has 0 atom stereocenters. The molecular formula is C11H13F2NO2. The molecule has 5 heteroatoms. The lowest BCUT2D eigenvalue weighted by atomic mass is 9.95. The maximum absolute atomic E-state index is 13.3. The molecule has 0 heterocycles. The maximum atomic E-state index is 13.3. The second-order valence-corrected chi connectivity index (χ2v) is 4.40. The standard InChI is InChI=1S/C11H13F2NO2/c1-11(2,14)5-6-3-7(12)9(10(15)16)8(13)4-6/h3-4H,5,14H2,1-2H3,(H,15,16). The van der Waals surface area contributed by atoms with Gasteiger partial charge in [-0.25, -0.2) is 13.6 Å². The fourth-order valence-electron chi connectivity index (χ4n) is 1.46. The Labute approximate surface area is 91.9 Å². The predicted octanol–water partition coefficient (Wildman–Crippen LogP) is 1.94. The highest BCUT2D eigenvalue weighted by Crippen LogP contribution is 2.18. The number of hydrogen-bond donors (Lipinski definition) is 2. The van der Waals surface area contributed by atoms with Crippen molar-refractivity contribution >= 4 is 5.97 Å². The lowest BCUT2D eigenvalue weighted by Crippen LogP contribution is -2.34. The molecule has 0 fully saturated rings. The molecule has 1 aromatic carbocycles. The van der Waals surface area contributed by atoms with Crippen LogP contribution < -0.4 is 5.73 Å². The number of nitrogens with two attached hydrogens (primary N) is 1. The summed E-state index contributed by atoms with van der Waals surface area (Å²) >= 11 is 0. The molecule has 0 aliphatic carbocycles. The van der Waals surface area contributed by atoms with Gasteiger partial charge in [0.05, 0.1) is 0 Å². The average molecular weight is 229 g/mol. The summed E-state index contributed by atoms with van der Waals surface area (Å²) in [7, 11) is 0. The van der Waals surface area contributed by atoms with E-state index in [1.807, 2.05) is 0 Å². The van der Waals surface area contributed by atoms with Crippen molar-refractivity contribution in [2.24, 2.45) is 5.73 Å². The minimum atomic E-state index is -1.62. The van der Waals surface area contributed by atoms with Crippen LogP contribution in [0.15, 0.2) is 12.1 Å². The topological polar surface area (TPSA) is 63.3 Å². The van der Waals surface area contributed by atoms with E-state index >= 15 is 0 Å². The lowest BCUT2D eigenvalue weighted by Gasteiger charge is -2.18. The molecule has 3 N–H and O–H groups in total. The number of carbonyl (C=O) groups is 1. The molecule has 88 valence electrons. The second-order valence-electron chi connectivity index (χ2n) is 4.40. The van der Waals surface area contributed by atoms with Gasteiger partial charge >= 0.3 is 5.97 Å². The van der Waals surface area contributed by atoms with Crippen molar-refractivity contribution in [1.29, 1.82) is 0 Å². The van der Waals surface area contributed by atoms with Crippen LogP contribution in [0.4, 0.5) is 8.78 Å². The van der Waals surface area contributed by atoms with E-state index < -0.39 is 28.7 Å². The zero-order valence-electron chi connectivity index (χ0n) is 9.05. The fourth-order valence-corrected chi connectivity index (χ4v) is 1.46. The number of benzene rings is 1. The number of aromatic carboxylic acids is 1. The Hall–Kier alpha value is -1.49. The molecule has 0 spiro atoms. The van der Waals surface area contributed by atoms with Crippen LogP contribution in [0.25, 0.3) is 0 Å². The molecular weight excluding hydrogens is 216 g/mol. The van der Waals surface area contributed by atoms with E-state index in [0.29, 0.717) is 5.56 Å². The number of carboxylic acids is 1. The molecule has 1 aromatic rings. The zero-order chi connectivity index (χ0) is 12.5. The van der Waals surface area contributed by atoms with Gasteiger partial charge in [-0.3, -0.25) is 0 Å². The Morgan fingerprint density at radius 2 is 1.81 bits per heavy atom. The van der Waals surface area contributed by atoms with Crippen LogP contribution in [-0.4, -0.2) is 16.6 Å². The Morgan fingerprint density at radius 1 is 1.38 bits per heavy atom. The van der Waals surface area contributed by atoms with Crippen molar-refractivity contribution in [3.05, 3.63) is 34.9 Å². The van der Waals surface area contributed by atoms with Gasteiger partial charge in [0.1, 0.15) is 17.2 Å². The SMILES string of the molecule is CC(C)(N)Cc1cc(F)c(C(=O)O)c(F)c1. The molecule has 0 saturated heterocycles. The number of hydrogen-bond acceptors (Lipinski definition) is 2. The molecule has 0 radical (unpaired) electrons. The van der Waals surface area contributed by atoms with Crippen molar-refractivity contribution in [2.75, 3.05) is 0 Å². The summed E-state index contributed by atoms with van der Waals surface area (Å²) in [5.74, 6) is -3.77. The highest BCUT2D eigenvalue weighted by molar-refractivity contribution is 5.88. The minimum Gasteiger partial charge on any atom is -0.477 e. The first-order valence-electron chi connectivity index (χ1n) is 4.71. The summed E-state index contributed by atoms with van der Waals surface area (Å²) in [5, 5.41) is 8.57. The highest BCUT2D eigenvalue weighted by atomic mass is 19.1. The second kappa shape index (κ2) is 4.17. The average Bonchev–Trinajstić information content (AvgIpc) is 1.96. The highest BCUT2D eigenvalue weighted by Gasteiger charge is 2.20. The van der Waals surface area contributed by atoms with Gasteiger partial charge in [0, 0.05) is 5.54 Å². The van der Waals surface area contributed by atoms with Crippen LogP contribution >= 0.6 is 0 Å². The third-order valence-corrected chi connectivity index (χ3v) is 1.98. The zero-order valence-corrected chi connectivity index (χ0v) is 9.05. The molecule has 0 aliphatic heterocycles. The number of carboxylic acid groups (broad SMARTS) is 1. The van der Waals surface area contributed by atoms with Gasteiger partial charge in [-0.15, -0.1) is 0 Å². The molecule has 0 bridgehead atoms. The van der Waals surface area contributed by atoms with E-state index in [-0.39, 0.29) is 6.42 Å². The van der Waals surface area contributed by atoms with Crippen LogP contribution in [0.1, 0.15) is 29.8 Å². The van der Waals surface area contributed by atoms with E-state index in [4.69, 9.17) is 10.8 Å². The van der Waals surface area contributed by atoms with E-state index in [9.17, 15) is 13.6 Å². The predicted molar refractivity (Wildman–Crippen MR) is 55.3 cm³/mol. The van der Waals surface area contributed by atoms with Crippen molar-refractivity contribution in [1.82, 2.24) is 0 Å². The molecule has 0 saturated carbocycles. The first kappa shape index (κ1) is 12.6. The number of halogens is 2. The van der Waals surface area contributed by atoms with Crippen LogP contribution in [0.3, 0.4) is 0 Å². The Morgan fingerprint density at radius 3 is 2.12 bits per heavy atom. The van der Waals surface area contributed by atoms with Crippen molar-refractivity contribution in [3.8, 4) is 0 Å². The first-order chi connectivity index (χ1) is 7.20. The van der Waals surface area contributed by atoms with Gasteiger partial charge in [0.2, 0.25) is 0 Å². The van der Waals surface area contributed by atoms with Gasteiger partial charge in [-0.05, 0) is 38.0 Å². The Kier molecular flexibility index (Phi) is 3.28. The van der Waals surface area contributed by atoms with E-state index in [1.165, 1.54) is 0 Å². The van der Waals surface area contributed by atoms with E-state index in [1.54, 1.807) is 13.8 Å². The van der Waals surface area contributed by atoms with Gasteiger partial charge in [0.15, 0.2) is 0 Å². The smallest absolute Gasteiger partial charge is 0.341 e. The fraction of sp³-hybridized carbons (Fsp3) is 0.364. The third-order valence-electron chi connectivity index (χ3n) is 1.98. The van der Waals surface area contributed by atoms with Gasteiger partial charge in [-0.2, -0.15) is 0 Å². The number of rotatable bonds is 3. The summed E-state index contributed by atoms with van der Waals surface area (Å²) in [6, 6.07) is 2.00. The lowest BCUT2D eigenvalue weighted by molar-refractivity contribution is 0.0686. The molecule has 0 unspecified atom stereocenters. The Bertz CT molecular complexity index is 401. The summed E-state index contributed by atoms with van der Waals surface area (Å²) in [4.78, 5) is 10.5. The van der Waals surface area contributed by atoms with Crippen LogP contribution in [-0.2, 0) is 6.42 Å². The quantitative estimate of drug-likeness (QED) is 0.832. The third kappa shape index (κ3) is 3.00. The monoisotopic (exact) mass is 229 g/mol. The van der Waals surface area contributed by atoms with Crippen LogP contribution in [0, 0.1) is 11.6 Å². The van der Waals surface area contributed by atoms with Crippen LogP contribution in [0.5, 0.6) is 0 Å². The summed E-state index contributed by atoms with van der Waals surface area (Å²) in [5.41, 5.74) is 4.51. The molecule has 1 rings (SSSR count). The van der Waals surface area contributed by atoms with Crippen molar-refractivity contribution in [2.45, 2.75) is 25.8 Å². The molecule has 0 aliphatic rings. The Balaban J connectivity index is 3.15. The van der Waals surface area contributed by atoms with E-state index in [2.05, 4.69) is 0 Å². The summed E-state index contributed by atoms with van der Waals surface area (Å²) in [6.07, 6.45) is 0.265. The molecule has 3 nitrogen and oxygen atoms in total. The molecule has 0 aromatic heterocycles. The molecule has 0 amide bonds. The summed E-state index contributed by atoms with van der Waals surface area (Å²) in [6.45, 7) is 3.43.